The smallest absolute Gasteiger partial charge is 0.175 e. The van der Waals surface area contributed by atoms with Crippen LogP contribution in [0.1, 0.15) is 197 Å². The summed E-state index contributed by atoms with van der Waals surface area (Å²) in [7, 11) is -2.21. The van der Waals surface area contributed by atoms with Crippen LogP contribution in [0.3, 0.4) is 0 Å². The molecule has 0 atom stereocenters. The van der Waals surface area contributed by atoms with Crippen molar-refractivity contribution in [1.82, 2.24) is 13.8 Å². The zero-order valence-corrected chi connectivity index (χ0v) is 50.7. The lowest BCUT2D eigenvalue weighted by Gasteiger charge is -2.54. The number of carbonyl (C=O) groups is 1. The van der Waals surface area contributed by atoms with E-state index in [1.54, 1.807) is 10.8 Å². The van der Waals surface area contributed by atoms with Crippen LogP contribution in [0, 0.1) is 23.7 Å². The van der Waals surface area contributed by atoms with Gasteiger partial charge in [-0.2, -0.15) is 0 Å². The summed E-state index contributed by atoms with van der Waals surface area (Å²) in [6, 6.07) is 37.9. The third-order valence-corrected chi connectivity index (χ3v) is 29.4. The maximum Gasteiger partial charge on any atom is 0.175 e. The number of hydrogen-bond acceptors (Lipinski definition) is 2. The molecule has 6 aromatic carbocycles. The first-order valence-electron chi connectivity index (χ1n) is 30.1. The number of ketones is 1. The minimum atomic E-state index is -2.21. The Morgan fingerprint density at radius 3 is 1.44 bits per heavy atom. The van der Waals surface area contributed by atoms with Gasteiger partial charge in [0.05, 0.1) is 59.0 Å². The molecule has 78 heavy (non-hydrogen) atoms. The van der Waals surface area contributed by atoms with Crippen LogP contribution in [0.25, 0.3) is 76.2 Å². The summed E-state index contributed by atoms with van der Waals surface area (Å²) >= 11 is 0. The highest BCUT2D eigenvalue weighted by Crippen LogP contribution is 2.61. The molecule has 0 unspecified atom stereocenters. The average Bonchev–Trinajstić information content (AvgIpc) is 2.64. The Labute approximate surface area is 463 Å². The molecule has 0 N–H and O–H groups in total. The van der Waals surface area contributed by atoms with E-state index in [9.17, 15) is 0 Å². The van der Waals surface area contributed by atoms with E-state index in [1.807, 2.05) is 0 Å². The van der Waals surface area contributed by atoms with E-state index in [-0.39, 0.29) is 33.9 Å². The molecular formula is C73H81N3OSi. The van der Waals surface area contributed by atoms with Crippen molar-refractivity contribution in [2.75, 3.05) is 0 Å². The van der Waals surface area contributed by atoms with Gasteiger partial charge in [0, 0.05) is 65.4 Å². The topological polar surface area (TPSA) is 38.8 Å². The molecule has 4 aliphatic carbocycles. The predicted octanol–water partition coefficient (Wildman–Crippen LogP) is 19.3. The van der Waals surface area contributed by atoms with Crippen molar-refractivity contribution in [2.45, 2.75) is 175 Å². The predicted molar refractivity (Wildman–Crippen MR) is 335 cm³/mol. The molecule has 4 aliphatic rings. The number of benzene rings is 6. The number of carbonyl (C=O) groups excluding carboxylic acids is 1. The maximum absolute atomic E-state index is 15.5. The Morgan fingerprint density at radius 2 is 0.936 bits per heavy atom. The highest BCUT2D eigenvalue weighted by atomic mass is 28.3. The quantitative estimate of drug-likeness (QED) is 0.142. The molecule has 15 rings (SSSR count). The van der Waals surface area contributed by atoms with E-state index in [4.69, 9.17) is 4.98 Å². The number of aromatic nitrogens is 3. The summed E-state index contributed by atoms with van der Waals surface area (Å²) in [5, 5.41) is 12.2. The molecule has 11 aromatic rings. The molecule has 0 spiro atoms. The van der Waals surface area contributed by atoms with E-state index >= 15 is 4.79 Å². The van der Waals surface area contributed by atoms with Crippen LogP contribution in [0.15, 0.2) is 103 Å². The second-order valence-corrected chi connectivity index (χ2v) is 34.3. The van der Waals surface area contributed by atoms with Crippen molar-refractivity contribution in [1.29, 1.82) is 0 Å². The summed E-state index contributed by atoms with van der Waals surface area (Å²) in [4.78, 5) is 21.4. The summed E-state index contributed by atoms with van der Waals surface area (Å²) in [5.74, 6) is 1.63. The Morgan fingerprint density at radius 1 is 0.500 bits per heavy atom. The van der Waals surface area contributed by atoms with Gasteiger partial charge >= 0.3 is 0 Å². The second kappa shape index (κ2) is 16.3. The van der Waals surface area contributed by atoms with Crippen LogP contribution in [0.4, 0.5) is 0 Å². The molecule has 0 amide bonds. The molecule has 5 heteroatoms. The molecule has 0 saturated heterocycles. The normalized spacial score (nSPS) is 18.5. The molecule has 398 valence electrons. The molecular weight excluding hydrogens is 963 g/mol. The number of pyridine rings is 1. The zero-order chi connectivity index (χ0) is 54.9. The lowest BCUT2D eigenvalue weighted by atomic mass is 9.49. The molecule has 5 heterocycles. The Hall–Kier alpha value is -6.04. The fourth-order valence-corrected chi connectivity index (χ4v) is 25.8. The van der Waals surface area contributed by atoms with Crippen LogP contribution in [0.2, 0.25) is 16.6 Å². The molecule has 0 aliphatic heterocycles. The van der Waals surface area contributed by atoms with Crippen molar-refractivity contribution in [3.05, 3.63) is 153 Å². The van der Waals surface area contributed by atoms with E-state index in [0.717, 1.165) is 34.2 Å². The summed E-state index contributed by atoms with van der Waals surface area (Å²) < 4.78 is 5.25. The Kier molecular flexibility index (Phi) is 10.5. The van der Waals surface area contributed by atoms with Crippen LogP contribution in [-0.2, 0) is 16.2 Å². The lowest BCUT2D eigenvalue weighted by Crippen LogP contribution is -2.55. The van der Waals surface area contributed by atoms with E-state index in [1.165, 1.54) is 99.5 Å². The van der Waals surface area contributed by atoms with Gasteiger partial charge in [0.25, 0.3) is 0 Å². The summed E-state index contributed by atoms with van der Waals surface area (Å²) in [6.45, 7) is 42.2. The standard InChI is InChI=1S/C73H81N3OSi/c1-37(2)72(38(3)4)26-27-73(39(5)6,40(7)8)70-66(72)65-58-31-45(78(41(9)10,42(11)12)43(13)14)30-56-52-34-59-51(33-60(52)76(68(56)58)62(65)36-74-70)55-29-44(71(15,16)17)28-54-50-32-53-57(35-61(50)75(59)67(54)55)69(77)64-48-24-20-18-22-46(48)63(53)47-23-19-21-25-49(47)64/h18-25,28-43,63-64H,26-27H2,1-17H3. The van der Waals surface area contributed by atoms with Crippen molar-refractivity contribution < 1.29 is 4.79 Å². The van der Waals surface area contributed by atoms with Crippen molar-refractivity contribution in [2.24, 2.45) is 23.7 Å². The van der Waals surface area contributed by atoms with Crippen LogP contribution < -0.4 is 5.19 Å². The fourth-order valence-electron chi connectivity index (χ4n) is 19.0. The van der Waals surface area contributed by atoms with Gasteiger partial charge in [-0.3, -0.25) is 9.78 Å². The third-order valence-electron chi connectivity index (χ3n) is 22.4. The number of fused-ring (bicyclic) bond motifs is 14. The van der Waals surface area contributed by atoms with Gasteiger partial charge in [0.15, 0.2) is 5.78 Å². The minimum absolute atomic E-state index is 0.0161. The number of rotatable bonds is 8. The lowest BCUT2D eigenvalue weighted by molar-refractivity contribution is 0.0974. The van der Waals surface area contributed by atoms with Gasteiger partial charge in [0.1, 0.15) is 0 Å². The van der Waals surface area contributed by atoms with E-state index < -0.39 is 8.07 Å². The van der Waals surface area contributed by atoms with Gasteiger partial charge in [0.2, 0.25) is 0 Å². The maximum atomic E-state index is 15.5. The fraction of sp³-hybridized carbons (Fsp3) is 0.425. The zero-order valence-electron chi connectivity index (χ0n) is 49.7. The third kappa shape index (κ3) is 5.87. The van der Waals surface area contributed by atoms with Gasteiger partial charge in [-0.05, 0) is 134 Å². The molecule has 5 aromatic heterocycles. The first kappa shape index (κ1) is 50.2. The highest BCUT2D eigenvalue weighted by Gasteiger charge is 2.55. The minimum Gasteiger partial charge on any atom is -0.308 e. The highest BCUT2D eigenvalue weighted by molar-refractivity contribution is 6.95. The molecule has 0 radical (unpaired) electrons. The van der Waals surface area contributed by atoms with Gasteiger partial charge in [-0.1, -0.05) is 184 Å². The first-order chi connectivity index (χ1) is 37.0. The summed E-state index contributed by atoms with van der Waals surface area (Å²) in [5.41, 5.74) is 20.0. The second-order valence-electron chi connectivity index (χ2n) is 28.4. The van der Waals surface area contributed by atoms with Crippen molar-refractivity contribution >= 4 is 95.2 Å². The Balaban J connectivity index is 1.17. The molecule has 4 nitrogen and oxygen atoms in total. The monoisotopic (exact) mass is 1040 g/mol. The van der Waals surface area contributed by atoms with Gasteiger partial charge < -0.3 is 8.80 Å². The largest absolute Gasteiger partial charge is 0.308 e. The van der Waals surface area contributed by atoms with E-state index in [0.29, 0.717) is 40.3 Å². The average molecular weight is 1040 g/mol. The van der Waals surface area contributed by atoms with Gasteiger partial charge in [-0.25, -0.2) is 0 Å². The number of hydrogen-bond donors (Lipinski definition) is 0. The molecule has 0 saturated carbocycles. The van der Waals surface area contributed by atoms with Crippen LogP contribution in [-0.4, -0.2) is 27.6 Å². The number of nitrogens with zero attached hydrogens (tertiary/aromatic N) is 3. The van der Waals surface area contributed by atoms with E-state index in [2.05, 4.69) is 230 Å². The van der Waals surface area contributed by atoms with Gasteiger partial charge in [-0.15, -0.1) is 0 Å². The first-order valence-corrected chi connectivity index (χ1v) is 32.4. The van der Waals surface area contributed by atoms with Crippen LogP contribution in [0.5, 0.6) is 0 Å². The van der Waals surface area contributed by atoms with Crippen molar-refractivity contribution in [3.63, 3.8) is 0 Å². The Bertz CT molecular complexity index is 4270. The molecule has 0 fully saturated rings. The SMILES string of the molecule is CC(C)C1(C(C)C)CCC(C(C)C)(C(C)C)c2c1ncc1c2c2cc([Si](C(C)C)(C(C)C)C(C)C)cc3c4cc5c(cc4n1c32)c1cc(C(C)(C)C)cc2c3cc4c(cc3n5c21)C(=O)C1c2ccccc2C4c2ccccc21. The van der Waals surface area contributed by atoms with Crippen molar-refractivity contribution in [3.8, 4) is 0 Å². The molecule has 2 bridgehead atoms. The number of Topliss-reactive ketones (excluding diaryl/α,β-unsaturated/α-hetero) is 1. The summed E-state index contributed by atoms with van der Waals surface area (Å²) in [6.07, 6.45) is 4.66. The van der Waals surface area contributed by atoms with Crippen LogP contribution >= 0.6 is 0 Å².